The number of sulfone groups is 1. The molecule has 0 spiro atoms. The molecule has 1 fully saturated rings. The predicted molar refractivity (Wildman–Crippen MR) is 86.7 cm³/mol. The van der Waals surface area contributed by atoms with Crippen LogP contribution < -0.4 is 0 Å². The van der Waals surface area contributed by atoms with Gasteiger partial charge in [0.2, 0.25) is 0 Å². The lowest BCUT2D eigenvalue weighted by Crippen LogP contribution is -2.08. The summed E-state index contributed by atoms with van der Waals surface area (Å²) in [6, 6.07) is 1.50. The maximum Gasteiger partial charge on any atom is 0.178 e. The van der Waals surface area contributed by atoms with Gasteiger partial charge in [0.25, 0.3) is 0 Å². The summed E-state index contributed by atoms with van der Waals surface area (Å²) in [4.78, 5) is -0.699. The number of aliphatic hydroxyl groups is 1. The van der Waals surface area contributed by atoms with E-state index in [0.29, 0.717) is 11.8 Å². The van der Waals surface area contributed by atoms with Crippen molar-refractivity contribution in [2.24, 2.45) is 0 Å². The normalized spacial score (nSPS) is 16.3. The van der Waals surface area contributed by atoms with E-state index < -0.39 is 33.0 Å². The molecule has 1 heterocycles. The second-order valence-electron chi connectivity index (χ2n) is 6.39. The minimum absolute atomic E-state index is 0.0462. The molecule has 0 atom stereocenters. The molecule has 8 heteroatoms. The van der Waals surface area contributed by atoms with Crippen molar-refractivity contribution in [2.75, 3.05) is 6.26 Å². The molecule has 2 aromatic rings. The molecule has 0 radical (unpaired) electrons. The van der Waals surface area contributed by atoms with Crippen LogP contribution in [0.3, 0.4) is 0 Å². The molecule has 1 aliphatic rings. The van der Waals surface area contributed by atoms with Gasteiger partial charge in [0.15, 0.2) is 15.6 Å². The van der Waals surface area contributed by atoms with E-state index in [1.165, 1.54) is 0 Å². The Hall–Kier alpha value is -1.80. The smallest absolute Gasteiger partial charge is 0.178 e. The van der Waals surface area contributed by atoms with Crippen LogP contribution in [0.1, 0.15) is 49.5 Å². The van der Waals surface area contributed by atoms with Gasteiger partial charge in [-0.15, -0.1) is 0 Å². The third-order valence-corrected chi connectivity index (χ3v) is 5.73. The number of nitrogens with zero attached hydrogens (tertiary/aromatic N) is 1. The van der Waals surface area contributed by atoms with Crippen LogP contribution in [0.5, 0.6) is 0 Å². The van der Waals surface area contributed by atoms with E-state index in [0.717, 1.165) is 44.4 Å². The second kappa shape index (κ2) is 6.84. The molecule has 3 rings (SSSR count). The van der Waals surface area contributed by atoms with E-state index in [9.17, 15) is 22.3 Å². The fraction of sp³-hybridized carbons (Fsp3) is 0.471. The summed E-state index contributed by atoms with van der Waals surface area (Å²) in [6.07, 6.45) is 5.66. The number of rotatable bonds is 4. The molecule has 1 saturated carbocycles. The van der Waals surface area contributed by atoms with Gasteiger partial charge < -0.3 is 9.63 Å². The average molecular weight is 371 g/mol. The highest BCUT2D eigenvalue weighted by Crippen LogP contribution is 2.40. The van der Waals surface area contributed by atoms with Crippen LogP contribution in [0.15, 0.2) is 21.6 Å². The first-order valence-electron chi connectivity index (χ1n) is 8.11. The highest BCUT2D eigenvalue weighted by Gasteiger charge is 2.29. The van der Waals surface area contributed by atoms with Gasteiger partial charge in [-0.3, -0.25) is 0 Å². The van der Waals surface area contributed by atoms with Crippen LogP contribution in [0, 0.1) is 11.6 Å². The number of hydrogen-bond acceptors (Lipinski definition) is 5. The summed E-state index contributed by atoms with van der Waals surface area (Å²) in [7, 11) is -3.89. The van der Waals surface area contributed by atoms with E-state index in [4.69, 9.17) is 4.52 Å². The van der Waals surface area contributed by atoms with E-state index in [1.807, 2.05) is 0 Å². The van der Waals surface area contributed by atoms with Gasteiger partial charge in [0.05, 0.1) is 11.3 Å². The van der Waals surface area contributed by atoms with Crippen molar-refractivity contribution in [1.82, 2.24) is 5.16 Å². The van der Waals surface area contributed by atoms with Crippen molar-refractivity contribution < 1.29 is 26.8 Å². The lowest BCUT2D eigenvalue weighted by Gasteiger charge is -2.20. The first kappa shape index (κ1) is 18.0. The van der Waals surface area contributed by atoms with Crippen LogP contribution in [0.4, 0.5) is 8.78 Å². The van der Waals surface area contributed by atoms with Crippen molar-refractivity contribution in [3.8, 4) is 11.1 Å². The topological polar surface area (TPSA) is 80.4 Å². The summed E-state index contributed by atoms with van der Waals surface area (Å²) < 4.78 is 57.1. The van der Waals surface area contributed by atoms with Gasteiger partial charge in [-0.05, 0) is 25.0 Å². The zero-order chi connectivity index (χ0) is 18.2. The van der Waals surface area contributed by atoms with Crippen LogP contribution >= 0.6 is 0 Å². The first-order chi connectivity index (χ1) is 11.8. The lowest BCUT2D eigenvalue weighted by atomic mass is 9.84. The Morgan fingerprint density at radius 2 is 1.88 bits per heavy atom. The summed E-state index contributed by atoms with van der Waals surface area (Å²) in [6.45, 7) is -0.510. The molecule has 0 unspecified atom stereocenters. The Balaban J connectivity index is 2.16. The fourth-order valence-corrected chi connectivity index (χ4v) is 4.12. The van der Waals surface area contributed by atoms with Crippen molar-refractivity contribution >= 4 is 9.84 Å². The lowest BCUT2D eigenvalue weighted by molar-refractivity contribution is 0.228. The summed E-state index contributed by atoms with van der Waals surface area (Å²) in [5.41, 5.74) is 0.579. The van der Waals surface area contributed by atoms with Crippen LogP contribution in [0.25, 0.3) is 11.1 Å². The Morgan fingerprint density at radius 1 is 1.20 bits per heavy atom. The molecular weight excluding hydrogens is 352 g/mol. The molecule has 0 amide bonds. The highest BCUT2D eigenvalue weighted by molar-refractivity contribution is 7.90. The molecule has 0 bridgehead atoms. The number of halogens is 2. The SMILES string of the molecule is CS(=O)(=O)c1cc(F)c(-c2c(C3CCCCC3)noc2CO)cc1F. The zero-order valence-corrected chi connectivity index (χ0v) is 14.6. The minimum Gasteiger partial charge on any atom is -0.388 e. The molecule has 136 valence electrons. The van der Waals surface area contributed by atoms with Crippen LogP contribution in [0.2, 0.25) is 0 Å². The molecular formula is C17H19F2NO4S. The number of hydrogen-bond donors (Lipinski definition) is 1. The predicted octanol–water partition coefficient (Wildman–Crippen LogP) is 3.56. The maximum atomic E-state index is 14.6. The van der Waals surface area contributed by atoms with E-state index in [1.54, 1.807) is 0 Å². The molecule has 5 nitrogen and oxygen atoms in total. The summed E-state index contributed by atoms with van der Waals surface area (Å²) >= 11 is 0. The number of aromatic nitrogens is 1. The van der Waals surface area contributed by atoms with Crippen molar-refractivity contribution in [3.63, 3.8) is 0 Å². The highest BCUT2D eigenvalue weighted by atomic mass is 32.2. The summed E-state index contributed by atoms with van der Waals surface area (Å²) in [5, 5.41) is 13.5. The maximum absolute atomic E-state index is 14.6. The molecule has 0 aliphatic heterocycles. The minimum atomic E-state index is -3.89. The molecule has 1 aromatic heterocycles. The van der Waals surface area contributed by atoms with Crippen molar-refractivity contribution in [1.29, 1.82) is 0 Å². The third-order valence-electron chi connectivity index (χ3n) is 4.62. The number of benzene rings is 1. The average Bonchev–Trinajstić information content (AvgIpc) is 3.00. The van der Waals surface area contributed by atoms with E-state index >= 15 is 0 Å². The van der Waals surface area contributed by atoms with Gasteiger partial charge in [0, 0.05) is 17.7 Å². The molecule has 0 saturated heterocycles. The van der Waals surface area contributed by atoms with E-state index in [-0.39, 0.29) is 22.8 Å². The molecule has 1 aromatic carbocycles. The van der Waals surface area contributed by atoms with Crippen LogP contribution in [-0.2, 0) is 16.4 Å². The largest absolute Gasteiger partial charge is 0.388 e. The Bertz CT molecular complexity index is 886. The fourth-order valence-electron chi connectivity index (χ4n) is 3.39. The number of aliphatic hydroxyl groups excluding tert-OH is 1. The molecule has 1 aliphatic carbocycles. The summed E-state index contributed by atoms with van der Waals surface area (Å²) in [5.74, 6) is -1.84. The molecule has 1 N–H and O–H groups in total. The Kier molecular flexibility index (Phi) is 4.92. The monoisotopic (exact) mass is 371 g/mol. The Morgan fingerprint density at radius 3 is 2.48 bits per heavy atom. The molecule has 25 heavy (non-hydrogen) atoms. The van der Waals surface area contributed by atoms with Crippen molar-refractivity contribution in [3.05, 3.63) is 35.2 Å². The van der Waals surface area contributed by atoms with Gasteiger partial charge in [-0.25, -0.2) is 17.2 Å². The second-order valence-corrected chi connectivity index (χ2v) is 8.38. The third kappa shape index (κ3) is 3.46. The zero-order valence-electron chi connectivity index (χ0n) is 13.8. The first-order valence-corrected chi connectivity index (χ1v) is 10.0. The van der Waals surface area contributed by atoms with E-state index in [2.05, 4.69) is 5.16 Å². The van der Waals surface area contributed by atoms with Gasteiger partial charge in [0.1, 0.15) is 23.1 Å². The van der Waals surface area contributed by atoms with Gasteiger partial charge in [-0.2, -0.15) is 0 Å². The van der Waals surface area contributed by atoms with Crippen molar-refractivity contribution in [2.45, 2.75) is 49.5 Å². The quantitative estimate of drug-likeness (QED) is 0.889. The standard InChI is InChI=1S/C17H19F2NO4S/c1-25(22,23)15-8-12(18)11(7-13(15)19)16-14(9-21)24-20-17(16)10-5-3-2-4-6-10/h7-8,10,21H,2-6,9H2,1H3. The van der Waals surface area contributed by atoms with Gasteiger partial charge >= 0.3 is 0 Å². The van der Waals surface area contributed by atoms with Gasteiger partial charge in [-0.1, -0.05) is 24.4 Å². The Labute approximate surface area is 144 Å². The van der Waals surface area contributed by atoms with Crippen LogP contribution in [-0.4, -0.2) is 24.9 Å².